The van der Waals surface area contributed by atoms with Gasteiger partial charge in [0.1, 0.15) is 9.79 Å². The molecule has 0 spiro atoms. The quantitative estimate of drug-likeness (QED) is 0.0437. The Morgan fingerprint density at radius 1 is 0.780 bits per heavy atom. The van der Waals surface area contributed by atoms with Crippen LogP contribution in [0.15, 0.2) is 101 Å². The topological polar surface area (TPSA) is 374 Å². The first-order valence-electron chi connectivity index (χ1n) is 16.0. The number of aliphatic hydroxyl groups excluding tert-OH is 2. The summed E-state index contributed by atoms with van der Waals surface area (Å²) in [5.74, 6) is -4.53. The standard InChI is InChI=1S/C31H29N7O17S4/c1-32-28(40)26-19(30(42)37(34-26)21-14-17(56(44,45)46)7-11-23(21)58(50,51)52)9-5-16(36-13-3-4-25(36)39)6-10-20-27(29(41)33-2)35-38(31(20)43)22-15-18(57(47,48)49)8-12-24(22)59(53,54)55/h5-12,14-15,42H,3-4,13H2,1-2H3,(H,32,40)(H,33,41)(H,44,45,46)(H,47,48,49)(H,50,51,52)(H,53,54,55). The molecular weight excluding hydrogens is 871 g/mol. The Bertz CT molecular complexity index is 2970. The molecule has 2 aromatic carbocycles. The molecule has 2 amide bonds. The highest BCUT2D eigenvalue weighted by Crippen LogP contribution is 2.34. The highest BCUT2D eigenvalue weighted by Gasteiger charge is 2.37. The number of carbonyl (C=O) groups excluding carboxylic acids is 2. The summed E-state index contributed by atoms with van der Waals surface area (Å²) in [7, 11) is -18.2. The van der Waals surface area contributed by atoms with Crippen LogP contribution in [-0.2, 0) is 50.1 Å². The van der Waals surface area contributed by atoms with Gasteiger partial charge in [0.15, 0.2) is 11.4 Å². The molecule has 0 atom stereocenters. The minimum Gasteiger partial charge on any atom is -0.493 e. The number of nitrogens with zero attached hydrogens (tertiary/aromatic N) is 7. The van der Waals surface area contributed by atoms with Gasteiger partial charge in [0.2, 0.25) is 23.6 Å². The number of aromatic hydroxyl groups is 1. The van der Waals surface area contributed by atoms with E-state index in [-0.39, 0.29) is 23.7 Å². The molecule has 7 N–H and O–H groups in total. The largest absolute Gasteiger partial charge is 0.493 e. The van der Waals surface area contributed by atoms with E-state index in [9.17, 15) is 76.8 Å². The molecule has 5 rings (SSSR count). The molecule has 2 aliphatic heterocycles. The highest BCUT2D eigenvalue weighted by molar-refractivity contribution is 7.87. The number of hydrogen-bond acceptors (Lipinski definition) is 15. The maximum atomic E-state index is 13.8. The summed E-state index contributed by atoms with van der Waals surface area (Å²) in [5, 5.41) is 40.6. The molecule has 1 aromatic heterocycles. The first-order chi connectivity index (χ1) is 27.3. The Labute approximate surface area is 333 Å². The third-order valence-corrected chi connectivity index (χ3v) is 11.8. The fraction of sp³-hybridized carbons (Fsp3) is 0.161. The summed E-state index contributed by atoms with van der Waals surface area (Å²) in [4.78, 5) is 31.3. The van der Waals surface area contributed by atoms with Gasteiger partial charge in [-0.3, -0.25) is 37.8 Å². The van der Waals surface area contributed by atoms with Crippen LogP contribution in [0.4, 0.5) is 5.69 Å². The summed E-state index contributed by atoms with van der Waals surface area (Å²) in [5.41, 5.74) is -4.03. The van der Waals surface area contributed by atoms with Crippen molar-refractivity contribution in [3.8, 4) is 11.6 Å². The van der Waals surface area contributed by atoms with Gasteiger partial charge in [0.05, 0.1) is 32.3 Å². The minimum absolute atomic E-state index is 0.0349. The maximum absolute atomic E-state index is 13.8. The van der Waals surface area contributed by atoms with Crippen molar-refractivity contribution in [2.45, 2.75) is 32.4 Å². The SMILES string of the molecule is CN=C(O)C1=NN(c2cc(S(=O)(=O)O)ccc2S(=O)(=O)O)C(=O)C1=CC=C(C=Cc1c(C(O)=NC)nn(-c2cc(S(=O)(=O)O)ccc2S(=O)(=O)O)c1O)N1CCCC1=O. The predicted molar refractivity (Wildman–Crippen MR) is 203 cm³/mol. The number of allylic oxidation sites excluding steroid dienone is 3. The summed E-state index contributed by atoms with van der Waals surface area (Å²) < 4.78 is 136. The summed E-state index contributed by atoms with van der Waals surface area (Å²) in [6.07, 6.45) is 4.59. The minimum atomic E-state index is -5.19. The molecule has 3 heterocycles. The van der Waals surface area contributed by atoms with Crippen LogP contribution in [0.2, 0.25) is 0 Å². The van der Waals surface area contributed by atoms with Crippen LogP contribution in [0.3, 0.4) is 0 Å². The van der Waals surface area contributed by atoms with E-state index in [1.807, 2.05) is 0 Å². The zero-order valence-electron chi connectivity index (χ0n) is 29.9. The summed E-state index contributed by atoms with van der Waals surface area (Å²) in [6.45, 7) is 0.0704. The van der Waals surface area contributed by atoms with E-state index in [0.717, 1.165) is 38.4 Å². The van der Waals surface area contributed by atoms with Crippen molar-refractivity contribution in [3.63, 3.8) is 0 Å². The van der Waals surface area contributed by atoms with E-state index in [1.165, 1.54) is 4.90 Å². The van der Waals surface area contributed by atoms with Crippen LogP contribution in [0.25, 0.3) is 11.8 Å². The molecule has 314 valence electrons. The average Bonchev–Trinajstić information content (AvgIpc) is 3.83. The van der Waals surface area contributed by atoms with Crippen molar-refractivity contribution < 1.29 is 76.8 Å². The molecular formula is C31H29N7O17S4. The average molecular weight is 900 g/mol. The van der Waals surface area contributed by atoms with Crippen LogP contribution < -0.4 is 5.01 Å². The van der Waals surface area contributed by atoms with Crippen molar-refractivity contribution in [3.05, 3.63) is 77.2 Å². The number of aliphatic imine (C=N–C) groups is 2. The van der Waals surface area contributed by atoms with Gasteiger partial charge in [-0.05, 0) is 67.1 Å². The third kappa shape index (κ3) is 8.97. The van der Waals surface area contributed by atoms with Gasteiger partial charge in [-0.1, -0.05) is 0 Å². The Morgan fingerprint density at radius 2 is 1.32 bits per heavy atom. The van der Waals surface area contributed by atoms with E-state index >= 15 is 0 Å². The fourth-order valence-electron chi connectivity index (χ4n) is 5.59. The van der Waals surface area contributed by atoms with E-state index in [1.54, 1.807) is 0 Å². The lowest BCUT2D eigenvalue weighted by Crippen LogP contribution is -2.25. The molecule has 0 unspecified atom stereocenters. The maximum Gasteiger partial charge on any atom is 0.296 e. The second-order valence-electron chi connectivity index (χ2n) is 12.0. The zero-order valence-corrected chi connectivity index (χ0v) is 33.1. The molecule has 3 aromatic rings. The number of carbonyl (C=O) groups is 2. The van der Waals surface area contributed by atoms with Gasteiger partial charge in [0.25, 0.3) is 46.4 Å². The fourth-order valence-corrected chi connectivity index (χ4v) is 7.89. The van der Waals surface area contributed by atoms with Crippen molar-refractivity contribution >= 4 is 81.6 Å². The first kappa shape index (κ1) is 44.0. The number of rotatable bonds is 12. The highest BCUT2D eigenvalue weighted by atomic mass is 32.2. The number of anilines is 1. The summed E-state index contributed by atoms with van der Waals surface area (Å²) in [6, 6.07) is 3.45. The van der Waals surface area contributed by atoms with Crippen LogP contribution in [0, 0.1) is 0 Å². The lowest BCUT2D eigenvalue weighted by molar-refractivity contribution is -0.125. The smallest absolute Gasteiger partial charge is 0.296 e. The van der Waals surface area contributed by atoms with Crippen LogP contribution in [0.5, 0.6) is 5.88 Å². The Balaban J connectivity index is 1.71. The van der Waals surface area contributed by atoms with Crippen molar-refractivity contribution in [1.29, 1.82) is 0 Å². The van der Waals surface area contributed by atoms with E-state index < -0.39 is 123 Å². The number of hydrogen-bond donors (Lipinski definition) is 7. The molecule has 1 saturated heterocycles. The number of aliphatic hydroxyl groups is 2. The number of hydrazone groups is 1. The number of likely N-dealkylation sites (tertiary alicyclic amines) is 1. The van der Waals surface area contributed by atoms with Gasteiger partial charge in [-0.2, -0.15) is 53.6 Å². The third-order valence-electron chi connectivity index (χ3n) is 8.32. The van der Waals surface area contributed by atoms with Gasteiger partial charge in [-0.25, -0.2) is 0 Å². The molecule has 0 bridgehead atoms. The van der Waals surface area contributed by atoms with E-state index in [2.05, 4.69) is 20.2 Å². The van der Waals surface area contributed by atoms with Gasteiger partial charge in [0, 0.05) is 32.8 Å². The zero-order chi connectivity index (χ0) is 44.0. The van der Waals surface area contributed by atoms with Gasteiger partial charge in [-0.15, -0.1) is 0 Å². The van der Waals surface area contributed by atoms with Crippen molar-refractivity contribution in [2.75, 3.05) is 25.6 Å². The van der Waals surface area contributed by atoms with Crippen LogP contribution >= 0.6 is 0 Å². The molecule has 2 aliphatic rings. The van der Waals surface area contributed by atoms with Crippen LogP contribution in [-0.4, -0.2) is 132 Å². The predicted octanol–water partition coefficient (Wildman–Crippen LogP) is 0.934. The first-order valence-corrected chi connectivity index (χ1v) is 21.7. The van der Waals surface area contributed by atoms with Crippen molar-refractivity contribution in [2.24, 2.45) is 15.1 Å². The Hall–Kier alpha value is -6.14. The van der Waals surface area contributed by atoms with E-state index in [0.29, 0.717) is 47.5 Å². The Kier molecular flexibility index (Phi) is 11.8. The second kappa shape index (κ2) is 15.9. The Morgan fingerprint density at radius 3 is 1.81 bits per heavy atom. The van der Waals surface area contributed by atoms with Gasteiger partial charge >= 0.3 is 0 Å². The number of benzene rings is 2. The molecule has 28 heteroatoms. The van der Waals surface area contributed by atoms with E-state index in [4.69, 9.17) is 0 Å². The van der Waals surface area contributed by atoms with Gasteiger partial charge < -0.3 is 20.2 Å². The summed E-state index contributed by atoms with van der Waals surface area (Å²) >= 11 is 0. The van der Waals surface area contributed by atoms with Crippen LogP contribution in [0.1, 0.15) is 24.1 Å². The lowest BCUT2D eigenvalue weighted by Gasteiger charge is -2.17. The van der Waals surface area contributed by atoms with Crippen molar-refractivity contribution in [1.82, 2.24) is 14.7 Å². The number of amides is 2. The normalized spacial score (nSPS) is 17.2. The molecule has 1 fully saturated rings. The lowest BCUT2D eigenvalue weighted by atomic mass is 10.1. The molecule has 0 radical (unpaired) electrons. The molecule has 24 nitrogen and oxygen atoms in total. The second-order valence-corrected chi connectivity index (χ2v) is 17.6. The monoisotopic (exact) mass is 899 g/mol. The molecule has 0 saturated carbocycles. The number of aromatic nitrogens is 2. The molecule has 59 heavy (non-hydrogen) atoms. The molecule has 0 aliphatic carbocycles.